The van der Waals surface area contributed by atoms with Crippen molar-refractivity contribution >= 4 is 34.2 Å². The summed E-state index contributed by atoms with van der Waals surface area (Å²) < 4.78 is 10.7. The Morgan fingerprint density at radius 3 is 2.03 bits per heavy atom. The molecule has 1 aromatic carbocycles. The van der Waals surface area contributed by atoms with E-state index in [0.717, 1.165) is 16.7 Å². The van der Waals surface area contributed by atoms with Gasteiger partial charge >= 0.3 is 11.9 Å². The van der Waals surface area contributed by atoms with Gasteiger partial charge in [-0.2, -0.15) is 0 Å². The van der Waals surface area contributed by atoms with E-state index in [0.29, 0.717) is 6.07 Å². The van der Waals surface area contributed by atoms with Crippen LogP contribution >= 0.6 is 0 Å². The van der Waals surface area contributed by atoms with Gasteiger partial charge in [-0.25, -0.2) is 0 Å². The van der Waals surface area contributed by atoms with Crippen molar-refractivity contribution in [1.82, 2.24) is 4.57 Å². The van der Waals surface area contributed by atoms with Gasteiger partial charge in [-0.15, -0.1) is 0 Å². The number of fused-ring (bicyclic) bond motifs is 1. The third kappa shape index (κ3) is 4.05. The fourth-order valence-electron chi connectivity index (χ4n) is 2.88. The minimum absolute atomic E-state index is 0.0855. The number of non-ortho nitro benzene ring substituents is 2. The van der Waals surface area contributed by atoms with Gasteiger partial charge in [-0.05, 0) is 19.4 Å². The summed E-state index contributed by atoms with van der Waals surface area (Å²) in [5, 5.41) is 22.6. The third-order valence-electron chi connectivity index (χ3n) is 4.09. The van der Waals surface area contributed by atoms with Crippen LogP contribution in [0.4, 0.5) is 11.4 Å². The number of pyridine rings is 1. The highest BCUT2D eigenvalue weighted by Crippen LogP contribution is 2.35. The predicted molar refractivity (Wildman–Crippen MR) is 98.5 cm³/mol. The van der Waals surface area contributed by atoms with E-state index < -0.39 is 44.6 Å². The highest BCUT2D eigenvalue weighted by Gasteiger charge is 2.35. The van der Waals surface area contributed by atoms with Crippen molar-refractivity contribution in [2.75, 3.05) is 13.2 Å². The molecule has 2 aromatic rings. The number of ether oxygens (including phenoxy) is 2. The number of nitro groups is 2. The summed E-state index contributed by atoms with van der Waals surface area (Å²) in [5.41, 5.74) is -2.67. The number of hydrogen-bond acceptors (Lipinski definition) is 9. The molecule has 0 atom stereocenters. The molecule has 0 amide bonds. The molecule has 0 saturated carbocycles. The second-order valence-corrected chi connectivity index (χ2v) is 5.81. The lowest BCUT2D eigenvalue weighted by molar-refractivity contribution is -0.393. The fraction of sp³-hybridized carbons (Fsp3) is 0.353. The average Bonchev–Trinajstić information content (AvgIpc) is 2.65. The molecule has 0 fully saturated rings. The summed E-state index contributed by atoms with van der Waals surface area (Å²) >= 11 is 0. The first-order chi connectivity index (χ1) is 13.6. The number of carbonyl (C=O) groups excluding carboxylic acids is 2. The van der Waals surface area contributed by atoms with Crippen LogP contribution in [0.15, 0.2) is 23.0 Å². The summed E-state index contributed by atoms with van der Waals surface area (Å²) in [5.74, 6) is -3.84. The summed E-state index contributed by atoms with van der Waals surface area (Å²) in [6.07, 6.45) is 0. The van der Waals surface area contributed by atoms with Gasteiger partial charge in [0.2, 0.25) is 0 Å². The fourth-order valence-corrected chi connectivity index (χ4v) is 2.88. The summed E-state index contributed by atoms with van der Waals surface area (Å²) in [7, 11) is 1.23. The van der Waals surface area contributed by atoms with Gasteiger partial charge in [0.15, 0.2) is 5.92 Å². The number of nitrogens with zero attached hydrogens (tertiary/aromatic N) is 3. The molecule has 2 rings (SSSR count). The number of nitro benzene ring substituents is 2. The number of esters is 2. The summed E-state index contributed by atoms with van der Waals surface area (Å²) in [4.78, 5) is 58.3. The van der Waals surface area contributed by atoms with Crippen LogP contribution in [0, 0.1) is 20.2 Å². The monoisotopic (exact) mass is 407 g/mol. The third-order valence-corrected chi connectivity index (χ3v) is 4.09. The van der Waals surface area contributed by atoms with Gasteiger partial charge in [0, 0.05) is 24.6 Å². The van der Waals surface area contributed by atoms with Crippen molar-refractivity contribution in [2.24, 2.45) is 7.05 Å². The predicted octanol–water partition coefficient (Wildman–Crippen LogP) is 1.56. The van der Waals surface area contributed by atoms with Gasteiger partial charge in [-0.3, -0.25) is 34.6 Å². The lowest BCUT2D eigenvalue weighted by Gasteiger charge is -2.17. The molecule has 0 spiro atoms. The van der Waals surface area contributed by atoms with Crippen molar-refractivity contribution < 1.29 is 28.9 Å². The molecule has 0 bridgehead atoms. The second-order valence-electron chi connectivity index (χ2n) is 5.81. The van der Waals surface area contributed by atoms with Gasteiger partial charge in [0.25, 0.3) is 16.9 Å². The average molecular weight is 407 g/mol. The Kier molecular flexibility index (Phi) is 6.26. The molecular weight excluding hydrogens is 390 g/mol. The van der Waals surface area contributed by atoms with E-state index >= 15 is 0 Å². The molecule has 0 aliphatic rings. The SMILES string of the molecule is CCOC(=O)C(C(=O)OCC)c1cc(=O)n(C)c2c([N+](=O)[O-])cc([N+](=O)[O-])cc12. The highest BCUT2D eigenvalue weighted by molar-refractivity contribution is 6.06. The topological polar surface area (TPSA) is 161 Å². The van der Waals surface area contributed by atoms with Crippen LogP contribution in [0.2, 0.25) is 0 Å². The molecule has 0 unspecified atom stereocenters. The molecule has 0 N–H and O–H groups in total. The lowest BCUT2D eigenvalue weighted by atomic mass is 9.94. The second kappa shape index (κ2) is 8.46. The van der Waals surface area contributed by atoms with E-state index in [9.17, 15) is 34.6 Å². The van der Waals surface area contributed by atoms with Crippen LogP contribution in [0.1, 0.15) is 25.3 Å². The lowest BCUT2D eigenvalue weighted by Crippen LogP contribution is -2.29. The largest absolute Gasteiger partial charge is 0.465 e. The Labute approximate surface area is 162 Å². The number of aryl methyl sites for hydroxylation is 1. The molecule has 0 radical (unpaired) electrons. The van der Waals surface area contributed by atoms with Crippen molar-refractivity contribution in [3.8, 4) is 0 Å². The minimum Gasteiger partial charge on any atom is -0.465 e. The molecule has 154 valence electrons. The molecule has 12 heteroatoms. The van der Waals surface area contributed by atoms with Crippen LogP contribution in [0.5, 0.6) is 0 Å². The van der Waals surface area contributed by atoms with E-state index in [-0.39, 0.29) is 29.7 Å². The number of hydrogen-bond donors (Lipinski definition) is 0. The summed E-state index contributed by atoms with van der Waals surface area (Å²) in [6, 6.07) is 2.58. The Balaban J connectivity index is 3.00. The van der Waals surface area contributed by atoms with Gasteiger partial charge in [0.1, 0.15) is 5.52 Å². The van der Waals surface area contributed by atoms with Crippen molar-refractivity contribution in [3.63, 3.8) is 0 Å². The van der Waals surface area contributed by atoms with Crippen LogP contribution in [0.25, 0.3) is 10.9 Å². The Hall–Kier alpha value is -3.83. The molecular formula is C17H17N3O9. The van der Waals surface area contributed by atoms with E-state index in [1.807, 2.05) is 0 Å². The Bertz CT molecular complexity index is 1060. The first-order valence-corrected chi connectivity index (χ1v) is 8.43. The number of rotatable bonds is 7. The van der Waals surface area contributed by atoms with E-state index in [1.165, 1.54) is 20.9 Å². The maximum atomic E-state index is 12.4. The summed E-state index contributed by atoms with van der Waals surface area (Å²) in [6.45, 7) is 2.82. The van der Waals surface area contributed by atoms with Crippen LogP contribution in [-0.4, -0.2) is 39.6 Å². The molecule has 29 heavy (non-hydrogen) atoms. The van der Waals surface area contributed by atoms with Gasteiger partial charge in [0.05, 0.1) is 29.1 Å². The molecule has 0 aliphatic heterocycles. The van der Waals surface area contributed by atoms with E-state index in [4.69, 9.17) is 9.47 Å². The molecule has 0 aliphatic carbocycles. The quantitative estimate of drug-likeness (QED) is 0.287. The maximum Gasteiger partial charge on any atom is 0.324 e. The van der Waals surface area contributed by atoms with Crippen molar-refractivity contribution in [1.29, 1.82) is 0 Å². The van der Waals surface area contributed by atoms with Crippen LogP contribution in [-0.2, 0) is 26.1 Å². The van der Waals surface area contributed by atoms with Crippen LogP contribution < -0.4 is 5.56 Å². The van der Waals surface area contributed by atoms with E-state index in [2.05, 4.69) is 0 Å². The first-order valence-electron chi connectivity index (χ1n) is 8.43. The van der Waals surface area contributed by atoms with Crippen molar-refractivity contribution in [3.05, 3.63) is 54.3 Å². The minimum atomic E-state index is -1.74. The van der Waals surface area contributed by atoms with Gasteiger partial charge < -0.3 is 14.0 Å². The standard InChI is InChI=1S/C17H17N3O9/c1-4-28-16(22)14(17(23)29-5-2)10-8-13(21)18(3)15-11(10)6-9(19(24)25)7-12(15)20(26)27/h6-8,14H,4-5H2,1-3H3. The Morgan fingerprint density at radius 1 is 1.03 bits per heavy atom. The van der Waals surface area contributed by atoms with Crippen molar-refractivity contribution in [2.45, 2.75) is 19.8 Å². The smallest absolute Gasteiger partial charge is 0.324 e. The molecule has 1 heterocycles. The molecule has 0 saturated heterocycles. The van der Waals surface area contributed by atoms with E-state index in [1.54, 1.807) is 0 Å². The first kappa shape index (κ1) is 21.5. The van der Waals surface area contributed by atoms with Gasteiger partial charge in [-0.1, -0.05) is 0 Å². The molecule has 1 aromatic heterocycles. The normalized spacial score (nSPS) is 10.8. The zero-order valence-corrected chi connectivity index (χ0v) is 15.7. The zero-order valence-electron chi connectivity index (χ0n) is 15.7. The number of benzene rings is 1. The maximum absolute atomic E-state index is 12.4. The Morgan fingerprint density at radius 2 is 1.59 bits per heavy atom. The number of aromatic nitrogens is 1. The van der Waals surface area contributed by atoms with Crippen LogP contribution in [0.3, 0.4) is 0 Å². The highest BCUT2D eigenvalue weighted by atomic mass is 16.6. The zero-order chi connectivity index (χ0) is 21.9. The number of carbonyl (C=O) groups is 2. The molecule has 12 nitrogen and oxygen atoms in total.